The molecule has 4 nitrogen and oxygen atoms in total. The first-order valence-corrected chi connectivity index (χ1v) is 7.08. The third kappa shape index (κ3) is 3.45. The summed E-state index contributed by atoms with van der Waals surface area (Å²) in [5.41, 5.74) is -0.791. The number of hydrogen-bond donors (Lipinski definition) is 1. The van der Waals surface area contributed by atoms with Gasteiger partial charge in [0.15, 0.2) is 0 Å². The molecule has 0 aromatic rings. The van der Waals surface area contributed by atoms with Crippen LogP contribution in [-0.2, 0) is 14.3 Å². The summed E-state index contributed by atoms with van der Waals surface area (Å²) in [7, 11) is 0. The molecule has 0 saturated carbocycles. The van der Waals surface area contributed by atoms with Crippen molar-refractivity contribution >= 4 is 5.97 Å². The van der Waals surface area contributed by atoms with E-state index < -0.39 is 5.54 Å². The van der Waals surface area contributed by atoms with Crippen molar-refractivity contribution in [1.29, 1.82) is 0 Å². The van der Waals surface area contributed by atoms with Crippen LogP contribution in [0.1, 0.15) is 53.4 Å². The second-order valence-corrected chi connectivity index (χ2v) is 5.31. The fourth-order valence-corrected chi connectivity index (χ4v) is 2.51. The van der Waals surface area contributed by atoms with E-state index in [0.29, 0.717) is 26.1 Å². The highest BCUT2D eigenvalue weighted by molar-refractivity contribution is 5.81. The lowest BCUT2D eigenvalue weighted by Crippen LogP contribution is -2.60. The van der Waals surface area contributed by atoms with Gasteiger partial charge < -0.3 is 14.8 Å². The quantitative estimate of drug-likeness (QED) is 0.742. The number of esters is 1. The minimum absolute atomic E-state index is 0.124. The van der Waals surface area contributed by atoms with Gasteiger partial charge in [-0.05, 0) is 39.7 Å². The molecule has 4 heteroatoms. The molecule has 1 saturated heterocycles. The molecule has 0 spiro atoms. The van der Waals surface area contributed by atoms with Gasteiger partial charge in [-0.25, -0.2) is 0 Å². The smallest absolute Gasteiger partial charge is 0.326 e. The van der Waals surface area contributed by atoms with Crippen LogP contribution in [0.3, 0.4) is 0 Å². The molecule has 0 aromatic carbocycles. The first-order valence-electron chi connectivity index (χ1n) is 7.08. The van der Waals surface area contributed by atoms with Crippen LogP contribution in [0, 0.1) is 0 Å². The van der Waals surface area contributed by atoms with E-state index in [1.807, 2.05) is 6.92 Å². The maximum atomic E-state index is 12.3. The zero-order chi connectivity index (χ0) is 13.6. The zero-order valence-corrected chi connectivity index (χ0v) is 12.2. The molecule has 106 valence electrons. The highest BCUT2D eigenvalue weighted by Gasteiger charge is 2.48. The summed E-state index contributed by atoms with van der Waals surface area (Å²) in [6.07, 6.45) is 3.30. The molecule has 2 atom stereocenters. The van der Waals surface area contributed by atoms with Crippen molar-refractivity contribution in [2.24, 2.45) is 0 Å². The summed E-state index contributed by atoms with van der Waals surface area (Å²) >= 11 is 0. The van der Waals surface area contributed by atoms with E-state index in [9.17, 15) is 4.79 Å². The fourth-order valence-electron chi connectivity index (χ4n) is 2.51. The van der Waals surface area contributed by atoms with Crippen molar-refractivity contribution in [1.82, 2.24) is 5.32 Å². The first-order chi connectivity index (χ1) is 8.52. The molecule has 0 aromatic heterocycles. The molecule has 1 N–H and O–H groups in total. The van der Waals surface area contributed by atoms with E-state index in [-0.39, 0.29) is 11.6 Å². The third-order valence-electron chi connectivity index (χ3n) is 3.78. The Morgan fingerprint density at radius 3 is 2.67 bits per heavy atom. The minimum atomic E-state index is -0.560. The largest absolute Gasteiger partial charge is 0.465 e. The van der Waals surface area contributed by atoms with Gasteiger partial charge in [-0.3, -0.25) is 4.79 Å². The van der Waals surface area contributed by atoms with E-state index in [2.05, 4.69) is 26.1 Å². The van der Waals surface area contributed by atoms with Gasteiger partial charge in [-0.1, -0.05) is 13.8 Å². The molecule has 0 amide bonds. The van der Waals surface area contributed by atoms with Crippen LogP contribution >= 0.6 is 0 Å². The average Bonchev–Trinajstić information content (AvgIpc) is 2.37. The molecule has 1 aliphatic rings. The molecular formula is C14H27NO3. The van der Waals surface area contributed by atoms with Crippen LogP contribution in [0.2, 0.25) is 0 Å². The van der Waals surface area contributed by atoms with Gasteiger partial charge >= 0.3 is 5.97 Å². The lowest BCUT2D eigenvalue weighted by Gasteiger charge is -2.44. The first kappa shape index (κ1) is 15.4. The molecule has 1 aliphatic heterocycles. The van der Waals surface area contributed by atoms with Crippen LogP contribution in [0.15, 0.2) is 0 Å². The van der Waals surface area contributed by atoms with E-state index in [4.69, 9.17) is 9.47 Å². The molecule has 0 bridgehead atoms. The summed E-state index contributed by atoms with van der Waals surface area (Å²) in [6.45, 7) is 10.00. The SMILES string of the molecule is CCCNC1(C(=O)OCC)CCOC(C)(CC)C1. The third-order valence-corrected chi connectivity index (χ3v) is 3.78. The summed E-state index contributed by atoms with van der Waals surface area (Å²) in [4.78, 5) is 12.3. The van der Waals surface area contributed by atoms with Crippen LogP contribution in [0.4, 0.5) is 0 Å². The van der Waals surface area contributed by atoms with Gasteiger partial charge in [-0.15, -0.1) is 0 Å². The van der Waals surface area contributed by atoms with Gasteiger partial charge in [0.05, 0.1) is 12.2 Å². The number of carbonyl (C=O) groups is 1. The fraction of sp³-hybridized carbons (Fsp3) is 0.929. The molecule has 1 fully saturated rings. The van der Waals surface area contributed by atoms with Crippen LogP contribution < -0.4 is 5.32 Å². The van der Waals surface area contributed by atoms with Crippen molar-refractivity contribution in [2.75, 3.05) is 19.8 Å². The van der Waals surface area contributed by atoms with E-state index in [1.54, 1.807) is 0 Å². The summed E-state index contributed by atoms with van der Waals surface area (Å²) in [5, 5.41) is 3.40. The van der Waals surface area contributed by atoms with Gasteiger partial charge in [-0.2, -0.15) is 0 Å². The molecule has 0 aliphatic carbocycles. The van der Waals surface area contributed by atoms with E-state index in [0.717, 1.165) is 19.4 Å². The average molecular weight is 257 g/mol. The zero-order valence-electron chi connectivity index (χ0n) is 12.2. The summed E-state index contributed by atoms with van der Waals surface area (Å²) < 4.78 is 11.1. The molecule has 1 rings (SSSR count). The molecule has 18 heavy (non-hydrogen) atoms. The van der Waals surface area contributed by atoms with Gasteiger partial charge in [0.25, 0.3) is 0 Å². The monoisotopic (exact) mass is 257 g/mol. The summed E-state index contributed by atoms with van der Waals surface area (Å²) in [5.74, 6) is -0.124. The van der Waals surface area contributed by atoms with Crippen molar-refractivity contribution in [3.63, 3.8) is 0 Å². The van der Waals surface area contributed by atoms with Gasteiger partial charge in [0, 0.05) is 13.0 Å². The Morgan fingerprint density at radius 2 is 2.11 bits per heavy atom. The van der Waals surface area contributed by atoms with E-state index >= 15 is 0 Å². The number of ether oxygens (including phenoxy) is 2. The molecule has 1 heterocycles. The standard InChI is InChI=1S/C14H27NO3/c1-5-9-15-14(12(16)17-7-3)8-10-18-13(4,6-2)11-14/h15H,5-11H2,1-4H3. The second kappa shape index (κ2) is 6.53. The number of hydrogen-bond acceptors (Lipinski definition) is 4. The van der Waals surface area contributed by atoms with Gasteiger partial charge in [0.2, 0.25) is 0 Å². The number of rotatable bonds is 6. The predicted molar refractivity (Wildman–Crippen MR) is 71.5 cm³/mol. The Balaban J connectivity index is 2.85. The van der Waals surface area contributed by atoms with E-state index in [1.165, 1.54) is 0 Å². The number of nitrogens with one attached hydrogen (secondary N) is 1. The van der Waals surface area contributed by atoms with Crippen molar-refractivity contribution < 1.29 is 14.3 Å². The predicted octanol–water partition coefficient (Wildman–Crippen LogP) is 2.27. The maximum Gasteiger partial charge on any atom is 0.326 e. The van der Waals surface area contributed by atoms with Crippen molar-refractivity contribution in [3.8, 4) is 0 Å². The highest BCUT2D eigenvalue weighted by atomic mass is 16.5. The lowest BCUT2D eigenvalue weighted by atomic mass is 9.79. The second-order valence-electron chi connectivity index (χ2n) is 5.31. The Morgan fingerprint density at radius 1 is 1.39 bits per heavy atom. The van der Waals surface area contributed by atoms with Crippen LogP contribution in [0.5, 0.6) is 0 Å². The van der Waals surface area contributed by atoms with Gasteiger partial charge in [0.1, 0.15) is 5.54 Å². The van der Waals surface area contributed by atoms with Crippen LogP contribution in [0.25, 0.3) is 0 Å². The molecular weight excluding hydrogens is 230 g/mol. The van der Waals surface area contributed by atoms with Crippen LogP contribution in [-0.4, -0.2) is 36.9 Å². The Kier molecular flexibility index (Phi) is 5.60. The maximum absolute atomic E-state index is 12.3. The Bertz CT molecular complexity index is 282. The Hall–Kier alpha value is -0.610. The van der Waals surface area contributed by atoms with Crippen molar-refractivity contribution in [3.05, 3.63) is 0 Å². The minimum Gasteiger partial charge on any atom is -0.465 e. The topological polar surface area (TPSA) is 47.6 Å². The number of carbonyl (C=O) groups excluding carboxylic acids is 1. The lowest BCUT2D eigenvalue weighted by molar-refractivity contribution is -0.166. The Labute approximate surface area is 110 Å². The van der Waals surface area contributed by atoms with Crippen molar-refractivity contribution in [2.45, 2.75) is 64.5 Å². The molecule has 0 radical (unpaired) electrons. The summed E-state index contributed by atoms with van der Waals surface area (Å²) in [6, 6.07) is 0. The molecule has 2 unspecified atom stereocenters. The highest BCUT2D eigenvalue weighted by Crippen LogP contribution is 2.35. The normalized spacial score (nSPS) is 32.2.